The van der Waals surface area contributed by atoms with Gasteiger partial charge in [0.15, 0.2) is 0 Å². The van der Waals surface area contributed by atoms with E-state index in [-0.39, 0.29) is 6.10 Å². The summed E-state index contributed by atoms with van der Waals surface area (Å²) in [5, 5.41) is 3.60. The van der Waals surface area contributed by atoms with Gasteiger partial charge in [0.05, 0.1) is 12.7 Å². The smallest absolute Gasteiger partial charge is 0.0952 e. The van der Waals surface area contributed by atoms with Gasteiger partial charge in [0.25, 0.3) is 0 Å². The maximum Gasteiger partial charge on any atom is 0.0952 e. The first-order valence-electron chi connectivity index (χ1n) is 7.24. The summed E-state index contributed by atoms with van der Waals surface area (Å²) >= 11 is 0. The zero-order valence-corrected chi connectivity index (χ0v) is 12.4. The van der Waals surface area contributed by atoms with Gasteiger partial charge in [0.1, 0.15) is 0 Å². The predicted octanol–water partition coefficient (Wildman–Crippen LogP) is 2.23. The Morgan fingerprint density at radius 1 is 1.37 bits per heavy atom. The van der Waals surface area contributed by atoms with E-state index >= 15 is 0 Å². The van der Waals surface area contributed by atoms with Crippen LogP contribution in [0.5, 0.6) is 0 Å². The lowest BCUT2D eigenvalue weighted by Gasteiger charge is -2.27. The summed E-state index contributed by atoms with van der Waals surface area (Å²) in [6.45, 7) is 5.12. The lowest BCUT2D eigenvalue weighted by atomic mass is 9.97. The van der Waals surface area contributed by atoms with Crippen molar-refractivity contribution in [3.63, 3.8) is 0 Å². The number of nitrogens with one attached hydrogen (secondary N) is 1. The molecule has 1 heterocycles. The van der Waals surface area contributed by atoms with Crippen LogP contribution in [0.2, 0.25) is 0 Å². The molecule has 2 unspecified atom stereocenters. The number of hydrogen-bond acceptors (Lipinski definition) is 3. The highest BCUT2D eigenvalue weighted by molar-refractivity contribution is 5.31. The molecule has 0 amide bonds. The quantitative estimate of drug-likeness (QED) is 0.851. The van der Waals surface area contributed by atoms with E-state index in [1.165, 1.54) is 17.5 Å². The average molecular weight is 262 g/mol. The molecule has 0 saturated carbocycles. The first kappa shape index (κ1) is 14.5. The Morgan fingerprint density at radius 3 is 2.95 bits per heavy atom. The molecule has 2 atom stereocenters. The SMILES string of the molecule is CC(CCN(C)C)NCC1OCCc2ccccc21. The molecule has 3 nitrogen and oxygen atoms in total. The Balaban J connectivity index is 1.84. The Kier molecular flexibility index (Phi) is 5.37. The van der Waals surface area contributed by atoms with Crippen molar-refractivity contribution in [2.24, 2.45) is 0 Å². The van der Waals surface area contributed by atoms with Gasteiger partial charge >= 0.3 is 0 Å². The van der Waals surface area contributed by atoms with E-state index in [4.69, 9.17) is 4.74 Å². The zero-order chi connectivity index (χ0) is 13.7. The van der Waals surface area contributed by atoms with Crippen LogP contribution in [0, 0.1) is 0 Å². The minimum atomic E-state index is 0.215. The highest BCUT2D eigenvalue weighted by Crippen LogP contribution is 2.26. The number of hydrogen-bond donors (Lipinski definition) is 1. The molecule has 0 saturated heterocycles. The standard InChI is InChI=1S/C16H26N2O/c1-13(8-10-18(2)3)17-12-16-15-7-5-4-6-14(15)9-11-19-16/h4-7,13,16-17H,8-12H2,1-3H3. The van der Waals surface area contributed by atoms with Crippen LogP contribution < -0.4 is 5.32 Å². The van der Waals surface area contributed by atoms with E-state index < -0.39 is 0 Å². The molecule has 0 radical (unpaired) electrons. The highest BCUT2D eigenvalue weighted by atomic mass is 16.5. The molecule has 2 rings (SSSR count). The molecule has 0 aliphatic carbocycles. The molecule has 0 aromatic heterocycles. The number of fused-ring (bicyclic) bond motifs is 1. The summed E-state index contributed by atoms with van der Waals surface area (Å²) in [5.41, 5.74) is 2.81. The van der Waals surface area contributed by atoms with Gasteiger partial charge < -0.3 is 15.0 Å². The van der Waals surface area contributed by atoms with Gasteiger partial charge in [0.2, 0.25) is 0 Å². The van der Waals surface area contributed by atoms with Crippen molar-refractivity contribution in [3.05, 3.63) is 35.4 Å². The lowest BCUT2D eigenvalue weighted by molar-refractivity contribution is 0.0407. The van der Waals surface area contributed by atoms with Crippen molar-refractivity contribution in [2.45, 2.75) is 31.9 Å². The molecule has 1 aromatic carbocycles. The van der Waals surface area contributed by atoms with Crippen LogP contribution >= 0.6 is 0 Å². The molecule has 19 heavy (non-hydrogen) atoms. The van der Waals surface area contributed by atoms with Gasteiger partial charge in [0, 0.05) is 12.6 Å². The van der Waals surface area contributed by atoms with Crippen molar-refractivity contribution < 1.29 is 4.74 Å². The molecule has 3 heteroatoms. The maximum atomic E-state index is 5.91. The van der Waals surface area contributed by atoms with E-state index in [2.05, 4.69) is 55.5 Å². The summed E-state index contributed by atoms with van der Waals surface area (Å²) in [7, 11) is 4.24. The summed E-state index contributed by atoms with van der Waals surface area (Å²) in [5.74, 6) is 0. The predicted molar refractivity (Wildman–Crippen MR) is 79.5 cm³/mol. The van der Waals surface area contributed by atoms with Crippen LogP contribution in [0.4, 0.5) is 0 Å². The van der Waals surface area contributed by atoms with Gasteiger partial charge in [-0.1, -0.05) is 24.3 Å². The third-order valence-corrected chi connectivity index (χ3v) is 3.75. The first-order valence-corrected chi connectivity index (χ1v) is 7.24. The molecular weight excluding hydrogens is 236 g/mol. The molecule has 0 bridgehead atoms. The minimum absolute atomic E-state index is 0.215. The van der Waals surface area contributed by atoms with Crippen LogP contribution in [-0.4, -0.2) is 44.7 Å². The van der Waals surface area contributed by atoms with E-state index in [9.17, 15) is 0 Å². The Bertz CT molecular complexity index is 392. The molecule has 1 aromatic rings. The summed E-state index contributed by atoms with van der Waals surface area (Å²) < 4.78 is 5.91. The lowest BCUT2D eigenvalue weighted by Crippen LogP contribution is -2.35. The van der Waals surface area contributed by atoms with Crippen LogP contribution in [0.15, 0.2) is 24.3 Å². The molecule has 106 valence electrons. The molecule has 1 N–H and O–H groups in total. The van der Waals surface area contributed by atoms with E-state index in [0.717, 1.165) is 26.1 Å². The minimum Gasteiger partial charge on any atom is -0.372 e. The first-order chi connectivity index (χ1) is 9.16. The molecule has 1 aliphatic heterocycles. The van der Waals surface area contributed by atoms with Crippen molar-refractivity contribution in [1.82, 2.24) is 10.2 Å². The third kappa shape index (κ3) is 4.30. The number of ether oxygens (including phenoxy) is 1. The normalized spacial score (nSPS) is 20.3. The molecule has 1 aliphatic rings. The second kappa shape index (κ2) is 7.04. The Hall–Kier alpha value is -0.900. The molecule has 0 spiro atoms. The van der Waals surface area contributed by atoms with Gasteiger partial charge in [-0.15, -0.1) is 0 Å². The maximum absolute atomic E-state index is 5.91. The highest BCUT2D eigenvalue weighted by Gasteiger charge is 2.20. The van der Waals surface area contributed by atoms with Crippen molar-refractivity contribution in [3.8, 4) is 0 Å². The van der Waals surface area contributed by atoms with Crippen LogP contribution in [0.3, 0.4) is 0 Å². The van der Waals surface area contributed by atoms with Crippen molar-refractivity contribution in [1.29, 1.82) is 0 Å². The van der Waals surface area contributed by atoms with E-state index in [0.29, 0.717) is 6.04 Å². The summed E-state index contributed by atoms with van der Waals surface area (Å²) in [4.78, 5) is 2.23. The van der Waals surface area contributed by atoms with Crippen LogP contribution in [-0.2, 0) is 11.2 Å². The summed E-state index contributed by atoms with van der Waals surface area (Å²) in [6, 6.07) is 9.18. The fourth-order valence-electron chi connectivity index (χ4n) is 2.51. The monoisotopic (exact) mass is 262 g/mol. The van der Waals surface area contributed by atoms with Crippen molar-refractivity contribution >= 4 is 0 Å². The number of benzene rings is 1. The number of rotatable bonds is 6. The molecular formula is C16H26N2O. The molecule has 0 fully saturated rings. The fraction of sp³-hybridized carbons (Fsp3) is 0.625. The van der Waals surface area contributed by atoms with Gasteiger partial charge in [-0.2, -0.15) is 0 Å². The number of nitrogens with zero attached hydrogens (tertiary/aromatic N) is 1. The fourth-order valence-corrected chi connectivity index (χ4v) is 2.51. The Morgan fingerprint density at radius 2 is 2.16 bits per heavy atom. The second-order valence-electron chi connectivity index (χ2n) is 5.71. The van der Waals surface area contributed by atoms with Gasteiger partial charge in [-0.05, 0) is 51.5 Å². The average Bonchev–Trinajstić information content (AvgIpc) is 2.42. The van der Waals surface area contributed by atoms with Gasteiger partial charge in [-0.25, -0.2) is 0 Å². The second-order valence-corrected chi connectivity index (χ2v) is 5.71. The van der Waals surface area contributed by atoms with Crippen LogP contribution in [0.1, 0.15) is 30.6 Å². The van der Waals surface area contributed by atoms with E-state index in [1.807, 2.05) is 0 Å². The topological polar surface area (TPSA) is 24.5 Å². The largest absolute Gasteiger partial charge is 0.372 e. The van der Waals surface area contributed by atoms with E-state index in [1.54, 1.807) is 0 Å². The van der Waals surface area contributed by atoms with Crippen LogP contribution in [0.25, 0.3) is 0 Å². The van der Waals surface area contributed by atoms with Gasteiger partial charge in [-0.3, -0.25) is 0 Å². The zero-order valence-electron chi connectivity index (χ0n) is 12.4. The third-order valence-electron chi connectivity index (χ3n) is 3.75. The summed E-state index contributed by atoms with van der Waals surface area (Å²) in [6.07, 6.45) is 2.43. The van der Waals surface area contributed by atoms with Crippen molar-refractivity contribution in [2.75, 3.05) is 33.8 Å². The Labute approximate surface area is 116 Å².